The number of hydrogen-bond donors (Lipinski definition) is 1. The summed E-state index contributed by atoms with van der Waals surface area (Å²) in [6, 6.07) is 17.2. The molecule has 0 saturated carbocycles. The van der Waals surface area contributed by atoms with Crippen LogP contribution in [0.25, 0.3) is 0 Å². The first kappa shape index (κ1) is 16.1. The fraction of sp³-hybridized carbons (Fsp3) is 0.368. The number of hydrogen-bond acceptors (Lipinski definition) is 1. The maximum absolute atomic E-state index is 5.97. The molecule has 1 N–H and O–H groups in total. The molecule has 0 heterocycles. The maximum Gasteiger partial charge on any atom is 0.0406 e. The Morgan fingerprint density at radius 3 is 2.43 bits per heavy atom. The zero-order valence-corrected chi connectivity index (χ0v) is 13.7. The number of nitrogens with one attached hydrogen (secondary N) is 1. The fourth-order valence-electron chi connectivity index (χ4n) is 2.64. The van der Waals surface area contributed by atoms with Crippen LogP contribution in [0.15, 0.2) is 48.5 Å². The summed E-state index contributed by atoms with van der Waals surface area (Å²) in [6.07, 6.45) is 3.39. The molecular weight excluding hydrogens is 278 g/mol. The molecule has 0 spiro atoms. The van der Waals surface area contributed by atoms with E-state index in [2.05, 4.69) is 55.6 Å². The molecule has 1 atom stereocenters. The molecule has 2 rings (SSSR count). The number of halogens is 1. The largest absolute Gasteiger partial charge is 0.310 e. The standard InChI is InChI=1S/C19H24ClN/c1-3-6-19(17-9-11-18(20)12-10-17)21-14-13-16-8-5-4-7-15(16)2/h4-5,7-12,19,21H,3,6,13-14H2,1-2H3. The second kappa shape index (κ2) is 8.21. The number of benzene rings is 2. The SMILES string of the molecule is CCCC(NCCc1ccccc1C)c1ccc(Cl)cc1. The molecule has 0 fully saturated rings. The number of aryl methyl sites for hydroxylation is 1. The van der Waals surface area contributed by atoms with Crippen molar-refractivity contribution in [1.29, 1.82) is 0 Å². The molecule has 0 aliphatic rings. The Morgan fingerprint density at radius 1 is 1.05 bits per heavy atom. The van der Waals surface area contributed by atoms with E-state index in [4.69, 9.17) is 11.6 Å². The summed E-state index contributed by atoms with van der Waals surface area (Å²) >= 11 is 5.97. The molecule has 0 bridgehead atoms. The first-order valence-electron chi connectivity index (χ1n) is 7.74. The molecule has 0 radical (unpaired) electrons. The average Bonchev–Trinajstić information content (AvgIpc) is 2.49. The van der Waals surface area contributed by atoms with Crippen LogP contribution in [0.1, 0.15) is 42.5 Å². The lowest BCUT2D eigenvalue weighted by Gasteiger charge is -2.19. The maximum atomic E-state index is 5.97. The Morgan fingerprint density at radius 2 is 1.76 bits per heavy atom. The molecule has 2 aromatic carbocycles. The normalized spacial score (nSPS) is 12.3. The van der Waals surface area contributed by atoms with Gasteiger partial charge in [-0.15, -0.1) is 0 Å². The lowest BCUT2D eigenvalue weighted by molar-refractivity contribution is 0.497. The van der Waals surface area contributed by atoms with Crippen molar-refractivity contribution >= 4 is 11.6 Å². The summed E-state index contributed by atoms with van der Waals surface area (Å²) in [4.78, 5) is 0. The van der Waals surface area contributed by atoms with Crippen LogP contribution in [0.3, 0.4) is 0 Å². The van der Waals surface area contributed by atoms with Gasteiger partial charge in [-0.05, 0) is 55.1 Å². The van der Waals surface area contributed by atoms with Gasteiger partial charge < -0.3 is 5.32 Å². The van der Waals surface area contributed by atoms with Gasteiger partial charge in [-0.1, -0.05) is 61.3 Å². The Labute approximate surface area is 133 Å². The molecule has 0 saturated heterocycles. The van der Waals surface area contributed by atoms with Crippen LogP contribution < -0.4 is 5.32 Å². The van der Waals surface area contributed by atoms with Crippen LogP contribution in [0.2, 0.25) is 5.02 Å². The Hall–Kier alpha value is -1.31. The molecule has 1 unspecified atom stereocenters. The zero-order valence-electron chi connectivity index (χ0n) is 12.9. The van der Waals surface area contributed by atoms with Crippen molar-refractivity contribution in [2.24, 2.45) is 0 Å². The highest BCUT2D eigenvalue weighted by Crippen LogP contribution is 2.20. The Kier molecular flexibility index (Phi) is 6.28. The Bertz CT molecular complexity index is 548. The highest BCUT2D eigenvalue weighted by atomic mass is 35.5. The van der Waals surface area contributed by atoms with E-state index in [-0.39, 0.29) is 0 Å². The van der Waals surface area contributed by atoms with Gasteiger partial charge in [0.1, 0.15) is 0 Å². The lowest BCUT2D eigenvalue weighted by atomic mass is 10.0. The average molecular weight is 302 g/mol. The van der Waals surface area contributed by atoms with E-state index in [1.54, 1.807) is 0 Å². The van der Waals surface area contributed by atoms with Crippen molar-refractivity contribution in [3.8, 4) is 0 Å². The summed E-state index contributed by atoms with van der Waals surface area (Å²) in [5.74, 6) is 0. The van der Waals surface area contributed by atoms with Gasteiger partial charge in [-0.2, -0.15) is 0 Å². The second-order valence-corrected chi connectivity index (χ2v) is 5.96. The monoisotopic (exact) mass is 301 g/mol. The minimum absolute atomic E-state index is 0.413. The van der Waals surface area contributed by atoms with E-state index in [1.165, 1.54) is 23.1 Å². The van der Waals surface area contributed by atoms with Crippen molar-refractivity contribution in [2.75, 3.05) is 6.54 Å². The minimum Gasteiger partial charge on any atom is -0.310 e. The summed E-state index contributed by atoms with van der Waals surface area (Å²) in [6.45, 7) is 5.40. The van der Waals surface area contributed by atoms with Crippen LogP contribution in [0, 0.1) is 6.92 Å². The van der Waals surface area contributed by atoms with Gasteiger partial charge in [-0.3, -0.25) is 0 Å². The van der Waals surface area contributed by atoms with E-state index >= 15 is 0 Å². The molecule has 2 heteroatoms. The predicted molar refractivity (Wildman–Crippen MR) is 92.0 cm³/mol. The van der Waals surface area contributed by atoms with E-state index in [1.807, 2.05) is 12.1 Å². The van der Waals surface area contributed by atoms with E-state index in [0.717, 1.165) is 24.4 Å². The molecule has 0 aliphatic heterocycles. The molecule has 2 aromatic rings. The van der Waals surface area contributed by atoms with Gasteiger partial charge in [0.25, 0.3) is 0 Å². The van der Waals surface area contributed by atoms with Crippen molar-refractivity contribution in [3.05, 3.63) is 70.2 Å². The predicted octanol–water partition coefficient (Wildman–Crippen LogP) is 5.32. The van der Waals surface area contributed by atoms with Gasteiger partial charge in [-0.25, -0.2) is 0 Å². The molecule has 21 heavy (non-hydrogen) atoms. The first-order valence-corrected chi connectivity index (χ1v) is 8.12. The van der Waals surface area contributed by atoms with Crippen LogP contribution >= 0.6 is 11.6 Å². The topological polar surface area (TPSA) is 12.0 Å². The highest BCUT2D eigenvalue weighted by Gasteiger charge is 2.09. The second-order valence-electron chi connectivity index (χ2n) is 5.52. The van der Waals surface area contributed by atoms with E-state index < -0.39 is 0 Å². The molecule has 112 valence electrons. The molecular formula is C19H24ClN. The van der Waals surface area contributed by atoms with Gasteiger partial charge in [0, 0.05) is 11.1 Å². The molecule has 0 aromatic heterocycles. The summed E-state index contributed by atoms with van der Waals surface area (Å²) in [5.41, 5.74) is 4.13. The van der Waals surface area contributed by atoms with Crippen LogP contribution in [0.5, 0.6) is 0 Å². The molecule has 0 amide bonds. The third kappa shape index (κ3) is 4.87. The zero-order chi connectivity index (χ0) is 15.1. The highest BCUT2D eigenvalue weighted by molar-refractivity contribution is 6.30. The lowest BCUT2D eigenvalue weighted by Crippen LogP contribution is -2.23. The first-order chi connectivity index (χ1) is 10.2. The van der Waals surface area contributed by atoms with Crippen molar-refractivity contribution in [3.63, 3.8) is 0 Å². The summed E-state index contributed by atoms with van der Waals surface area (Å²) in [5, 5.41) is 4.49. The van der Waals surface area contributed by atoms with E-state index in [9.17, 15) is 0 Å². The number of rotatable bonds is 7. The summed E-state index contributed by atoms with van der Waals surface area (Å²) < 4.78 is 0. The summed E-state index contributed by atoms with van der Waals surface area (Å²) in [7, 11) is 0. The van der Waals surface area contributed by atoms with Crippen molar-refractivity contribution in [1.82, 2.24) is 5.32 Å². The van der Waals surface area contributed by atoms with Gasteiger partial charge in [0.15, 0.2) is 0 Å². The fourth-order valence-corrected chi connectivity index (χ4v) is 2.77. The van der Waals surface area contributed by atoms with Crippen molar-refractivity contribution in [2.45, 2.75) is 39.2 Å². The minimum atomic E-state index is 0.413. The third-order valence-electron chi connectivity index (χ3n) is 3.90. The van der Waals surface area contributed by atoms with Crippen LogP contribution in [0.4, 0.5) is 0 Å². The third-order valence-corrected chi connectivity index (χ3v) is 4.15. The quantitative estimate of drug-likeness (QED) is 0.729. The van der Waals surface area contributed by atoms with Crippen molar-refractivity contribution < 1.29 is 0 Å². The van der Waals surface area contributed by atoms with E-state index in [0.29, 0.717) is 6.04 Å². The van der Waals surface area contributed by atoms with Crippen LogP contribution in [-0.2, 0) is 6.42 Å². The molecule has 1 nitrogen and oxygen atoms in total. The van der Waals surface area contributed by atoms with Crippen LogP contribution in [-0.4, -0.2) is 6.54 Å². The molecule has 0 aliphatic carbocycles. The van der Waals surface area contributed by atoms with Gasteiger partial charge >= 0.3 is 0 Å². The smallest absolute Gasteiger partial charge is 0.0406 e. The van der Waals surface area contributed by atoms with Gasteiger partial charge in [0.2, 0.25) is 0 Å². The Balaban J connectivity index is 1.94. The van der Waals surface area contributed by atoms with Gasteiger partial charge in [0.05, 0.1) is 0 Å².